The van der Waals surface area contributed by atoms with Gasteiger partial charge < -0.3 is 10.6 Å². The fraction of sp³-hybridized carbons (Fsp3) is 0.462. The molecule has 0 bridgehead atoms. The van der Waals surface area contributed by atoms with Crippen molar-refractivity contribution in [3.05, 3.63) is 29.8 Å². The molecule has 0 spiro atoms. The molecule has 0 saturated heterocycles. The third-order valence-corrected chi connectivity index (χ3v) is 3.32. The molecule has 2 amide bonds. The van der Waals surface area contributed by atoms with Gasteiger partial charge in [-0.25, -0.2) is 4.79 Å². The van der Waals surface area contributed by atoms with Crippen LogP contribution >= 0.6 is 0 Å². The predicted octanol–water partition coefficient (Wildman–Crippen LogP) is 2.37. The lowest BCUT2D eigenvalue weighted by molar-refractivity contribution is -0.142. The van der Waals surface area contributed by atoms with Crippen LogP contribution in [0.1, 0.15) is 24.2 Å². The molecular weight excluding hydrogens is 313 g/mol. The summed E-state index contributed by atoms with van der Waals surface area (Å²) in [6, 6.07) is -0.832. The Bertz CT molecular complexity index is 690. The first kappa shape index (κ1) is 16.8. The quantitative estimate of drug-likeness (QED) is 0.903. The number of urea groups is 1. The summed E-state index contributed by atoms with van der Waals surface area (Å²) in [6.45, 7) is 2.46. The molecule has 0 unspecified atom stereocenters. The molecule has 10 heteroatoms. The number of hydrogen-bond acceptors (Lipinski definition) is 3. The molecular formula is C13H17F3N6O. The zero-order valence-electron chi connectivity index (χ0n) is 12.8. The third kappa shape index (κ3) is 4.47. The molecule has 2 rings (SSSR count). The van der Waals surface area contributed by atoms with Crippen LogP contribution in [-0.4, -0.2) is 31.8 Å². The standard InChI is InChI=1S/C13H17F3N6O/c1-8(11-5-17-21(3)9(11)2)19-12(23)20-10-4-18-22(6-10)7-13(14,15)16/h4-6,8H,7H2,1-3H3,(H2,19,20,23)/t8-/m1/s1. The highest BCUT2D eigenvalue weighted by Gasteiger charge is 2.28. The number of carbonyl (C=O) groups is 1. The number of anilines is 1. The average molecular weight is 330 g/mol. The van der Waals surface area contributed by atoms with Crippen LogP contribution in [0.5, 0.6) is 0 Å². The average Bonchev–Trinajstić information content (AvgIpc) is 2.95. The van der Waals surface area contributed by atoms with Gasteiger partial charge in [-0.3, -0.25) is 9.36 Å². The van der Waals surface area contributed by atoms with Crippen molar-refractivity contribution in [2.24, 2.45) is 7.05 Å². The van der Waals surface area contributed by atoms with Crippen LogP contribution < -0.4 is 10.6 Å². The Morgan fingerprint density at radius 2 is 2.04 bits per heavy atom. The number of carbonyl (C=O) groups excluding carboxylic acids is 1. The van der Waals surface area contributed by atoms with Gasteiger partial charge in [-0.1, -0.05) is 0 Å². The normalized spacial score (nSPS) is 13.0. The van der Waals surface area contributed by atoms with Crippen LogP contribution in [0.25, 0.3) is 0 Å². The molecule has 2 N–H and O–H groups in total. The van der Waals surface area contributed by atoms with E-state index in [9.17, 15) is 18.0 Å². The van der Waals surface area contributed by atoms with Crippen LogP contribution in [-0.2, 0) is 13.6 Å². The summed E-state index contributed by atoms with van der Waals surface area (Å²) in [5.74, 6) is 0. The summed E-state index contributed by atoms with van der Waals surface area (Å²) in [5.41, 5.74) is 1.95. The number of rotatable bonds is 4. The number of halogens is 3. The molecule has 7 nitrogen and oxygen atoms in total. The van der Waals surface area contributed by atoms with E-state index in [4.69, 9.17) is 0 Å². The van der Waals surface area contributed by atoms with Gasteiger partial charge in [0, 0.05) is 24.5 Å². The molecule has 0 aliphatic heterocycles. The molecule has 0 aliphatic carbocycles. The SMILES string of the molecule is Cc1c([C@@H](C)NC(=O)Nc2cnn(CC(F)(F)F)c2)cnn1C. The molecule has 0 aromatic carbocycles. The first-order valence-corrected chi connectivity index (χ1v) is 6.81. The first-order chi connectivity index (χ1) is 10.7. The van der Waals surface area contributed by atoms with Gasteiger partial charge in [0.15, 0.2) is 0 Å². The largest absolute Gasteiger partial charge is 0.408 e. The van der Waals surface area contributed by atoms with E-state index in [1.165, 1.54) is 0 Å². The maximum atomic E-state index is 12.2. The van der Waals surface area contributed by atoms with Crippen LogP contribution in [0.4, 0.5) is 23.7 Å². The molecule has 2 aromatic rings. The van der Waals surface area contributed by atoms with Crippen molar-refractivity contribution in [3.63, 3.8) is 0 Å². The first-order valence-electron chi connectivity index (χ1n) is 6.81. The Morgan fingerprint density at radius 1 is 1.35 bits per heavy atom. The minimum absolute atomic E-state index is 0.182. The second kappa shape index (κ2) is 6.31. The van der Waals surface area contributed by atoms with E-state index in [2.05, 4.69) is 20.8 Å². The maximum absolute atomic E-state index is 12.2. The van der Waals surface area contributed by atoms with Gasteiger partial charge in [0.1, 0.15) is 6.54 Å². The van der Waals surface area contributed by atoms with Crippen molar-refractivity contribution in [1.82, 2.24) is 24.9 Å². The molecule has 0 radical (unpaired) electrons. The van der Waals surface area contributed by atoms with E-state index in [1.54, 1.807) is 24.9 Å². The van der Waals surface area contributed by atoms with Crippen molar-refractivity contribution in [2.45, 2.75) is 32.6 Å². The van der Waals surface area contributed by atoms with Crippen molar-refractivity contribution in [1.29, 1.82) is 0 Å². The Morgan fingerprint density at radius 3 is 2.61 bits per heavy atom. The lowest BCUT2D eigenvalue weighted by atomic mass is 10.1. The van der Waals surface area contributed by atoms with Crippen molar-refractivity contribution >= 4 is 11.7 Å². The Hall–Kier alpha value is -2.52. The zero-order chi connectivity index (χ0) is 17.2. The summed E-state index contributed by atoms with van der Waals surface area (Å²) in [7, 11) is 1.79. The maximum Gasteiger partial charge on any atom is 0.408 e. The number of aryl methyl sites for hydroxylation is 1. The number of amides is 2. The molecule has 2 heterocycles. The second-order valence-electron chi connectivity index (χ2n) is 5.17. The van der Waals surface area contributed by atoms with E-state index in [1.807, 2.05) is 6.92 Å². The van der Waals surface area contributed by atoms with Gasteiger partial charge in [-0.15, -0.1) is 0 Å². The lowest BCUT2D eigenvalue weighted by Gasteiger charge is -2.14. The summed E-state index contributed by atoms with van der Waals surface area (Å²) in [6.07, 6.45) is -0.433. The fourth-order valence-corrected chi connectivity index (χ4v) is 2.08. The topological polar surface area (TPSA) is 76.8 Å². The zero-order valence-corrected chi connectivity index (χ0v) is 12.8. The van der Waals surface area contributed by atoms with Gasteiger partial charge in [-0.2, -0.15) is 23.4 Å². The van der Waals surface area contributed by atoms with Gasteiger partial charge in [-0.05, 0) is 13.8 Å². The fourth-order valence-electron chi connectivity index (χ4n) is 2.08. The predicted molar refractivity (Wildman–Crippen MR) is 76.8 cm³/mol. The highest BCUT2D eigenvalue weighted by Crippen LogP contribution is 2.19. The number of nitrogens with one attached hydrogen (secondary N) is 2. The van der Waals surface area contributed by atoms with E-state index in [0.717, 1.165) is 23.7 Å². The van der Waals surface area contributed by atoms with Gasteiger partial charge in [0.2, 0.25) is 0 Å². The lowest BCUT2D eigenvalue weighted by Crippen LogP contribution is -2.31. The third-order valence-electron chi connectivity index (χ3n) is 3.32. The summed E-state index contributed by atoms with van der Waals surface area (Å²) in [4.78, 5) is 11.9. The molecule has 0 aliphatic rings. The Labute approximate surface area is 130 Å². The minimum Gasteiger partial charge on any atom is -0.331 e. The Kier molecular flexibility index (Phi) is 4.62. The number of nitrogens with zero attached hydrogens (tertiary/aromatic N) is 4. The number of aromatic nitrogens is 4. The minimum atomic E-state index is -4.36. The van der Waals surface area contributed by atoms with Gasteiger partial charge in [0.25, 0.3) is 0 Å². The smallest absolute Gasteiger partial charge is 0.331 e. The molecule has 2 aromatic heterocycles. The van der Waals surface area contributed by atoms with Crippen molar-refractivity contribution in [3.8, 4) is 0 Å². The number of hydrogen-bond donors (Lipinski definition) is 2. The molecule has 23 heavy (non-hydrogen) atoms. The van der Waals surface area contributed by atoms with Crippen molar-refractivity contribution < 1.29 is 18.0 Å². The van der Waals surface area contributed by atoms with Crippen molar-refractivity contribution in [2.75, 3.05) is 5.32 Å². The summed E-state index contributed by atoms with van der Waals surface area (Å²) < 4.78 is 39.1. The van der Waals surface area contributed by atoms with Crippen LogP contribution in [0.2, 0.25) is 0 Å². The summed E-state index contributed by atoms with van der Waals surface area (Å²) >= 11 is 0. The molecule has 1 atom stereocenters. The van der Waals surface area contributed by atoms with Crippen LogP contribution in [0.3, 0.4) is 0 Å². The van der Waals surface area contributed by atoms with Crippen LogP contribution in [0.15, 0.2) is 18.6 Å². The van der Waals surface area contributed by atoms with E-state index in [-0.39, 0.29) is 11.7 Å². The monoisotopic (exact) mass is 330 g/mol. The molecule has 0 saturated carbocycles. The Balaban J connectivity index is 1.93. The highest BCUT2D eigenvalue weighted by molar-refractivity contribution is 5.89. The summed E-state index contributed by atoms with van der Waals surface area (Å²) in [5, 5.41) is 12.8. The molecule has 126 valence electrons. The van der Waals surface area contributed by atoms with E-state index < -0.39 is 18.8 Å². The van der Waals surface area contributed by atoms with E-state index in [0.29, 0.717) is 4.68 Å². The molecule has 0 fully saturated rings. The van der Waals surface area contributed by atoms with Gasteiger partial charge >= 0.3 is 12.2 Å². The van der Waals surface area contributed by atoms with Crippen LogP contribution in [0, 0.1) is 6.92 Å². The second-order valence-corrected chi connectivity index (χ2v) is 5.17. The number of alkyl halides is 3. The van der Waals surface area contributed by atoms with Gasteiger partial charge in [0.05, 0.1) is 24.1 Å². The van der Waals surface area contributed by atoms with E-state index >= 15 is 0 Å². The highest BCUT2D eigenvalue weighted by atomic mass is 19.4.